The second kappa shape index (κ2) is 17.5. The second-order valence-electron chi connectivity index (χ2n) is 15.2. The summed E-state index contributed by atoms with van der Waals surface area (Å²) in [4.78, 5) is 53.0. The number of hydroxylamine groups is 3. The van der Waals surface area contributed by atoms with Gasteiger partial charge in [0, 0.05) is 5.56 Å². The Morgan fingerprint density at radius 1 is 0.781 bits per heavy atom. The van der Waals surface area contributed by atoms with E-state index in [0.29, 0.717) is 17.1 Å². The molecular weight excluding hydrogens is 821 g/mol. The number of benzene rings is 5. The molecule has 2 aromatic heterocycles. The standard InChI is InChI=1S/C48H42N6O10/c1-60-34-21-17-32(18-22-34)48(31-13-7-4-8-14-31,33-19-23-35(61-2)24-20-33)63-27-38-40(55)41(62-26-25-54(59)46(57)36-15-9-10-16-37(36)47(54)58)45(64-38)53-29-51-39-42(49-28-50-43(39)53)52-44(56)30-11-5-3-6-12-30/h3-24,28-29,38,40-41,45,55H,25-27H2,1-2H3,(H,49,50,52,56)/t38-,40-,41-,45-/m1/s1. The molecule has 324 valence electrons. The maximum Gasteiger partial charge on any atom is 0.354 e. The number of carbonyl (C=O) groups excluding carboxylic acids is 3. The number of aliphatic hydroxyl groups excluding tert-OH is 1. The third kappa shape index (κ3) is 7.47. The molecule has 4 heterocycles. The minimum absolute atomic E-state index is 0.0390. The number of quaternary nitrogens is 1. The van der Waals surface area contributed by atoms with Crippen molar-refractivity contribution in [2.45, 2.75) is 30.1 Å². The average Bonchev–Trinajstić information content (AvgIpc) is 3.97. The molecule has 2 N–H and O–H groups in total. The number of hydrogen-bond donors (Lipinski definition) is 2. The quantitative estimate of drug-likeness (QED) is 0.0523. The van der Waals surface area contributed by atoms with Crippen molar-refractivity contribution in [2.75, 3.05) is 39.3 Å². The summed E-state index contributed by atoms with van der Waals surface area (Å²) in [7, 11) is 3.17. The Labute approximate surface area is 366 Å². The van der Waals surface area contributed by atoms with Crippen molar-refractivity contribution >= 4 is 34.7 Å². The van der Waals surface area contributed by atoms with Gasteiger partial charge in [0.2, 0.25) is 0 Å². The molecule has 16 heteroatoms. The van der Waals surface area contributed by atoms with Crippen molar-refractivity contribution in [3.8, 4) is 11.5 Å². The van der Waals surface area contributed by atoms with Gasteiger partial charge in [-0.05, 0) is 65.2 Å². The summed E-state index contributed by atoms with van der Waals surface area (Å²) in [6, 6.07) is 39.2. The molecule has 0 radical (unpaired) electrons. The van der Waals surface area contributed by atoms with Crippen LogP contribution in [0.5, 0.6) is 11.5 Å². The van der Waals surface area contributed by atoms with E-state index >= 15 is 0 Å². The molecule has 7 aromatic rings. The molecule has 1 fully saturated rings. The number of aromatic nitrogens is 4. The Bertz CT molecular complexity index is 2720. The van der Waals surface area contributed by atoms with E-state index in [1.807, 2.05) is 78.9 Å². The van der Waals surface area contributed by atoms with Gasteiger partial charge in [-0.15, -0.1) is 0 Å². The van der Waals surface area contributed by atoms with Gasteiger partial charge in [0.05, 0.1) is 44.9 Å². The predicted octanol–water partition coefficient (Wildman–Crippen LogP) is 6.06. The van der Waals surface area contributed by atoms with E-state index in [1.54, 1.807) is 56.7 Å². The molecule has 5 aromatic carbocycles. The molecule has 0 unspecified atom stereocenters. The average molecular weight is 863 g/mol. The molecule has 9 rings (SSSR count). The van der Waals surface area contributed by atoms with Gasteiger partial charge >= 0.3 is 11.8 Å². The molecule has 4 atom stereocenters. The SMILES string of the molecule is COc1ccc(C(OC[C@H]2O[C@@H](n3cnc4c(NC(=O)c5ccccc5)ncnc43)[C@H](OCC[N+]3([O-])C(=O)c4ccccc4C3=O)[C@@H]2O)(c2ccccc2)c2ccc(OC)cc2)cc1. The van der Waals surface area contributed by atoms with Crippen molar-refractivity contribution in [3.05, 3.63) is 185 Å². The molecular formula is C48H42N6O10. The summed E-state index contributed by atoms with van der Waals surface area (Å²) < 4.78 is 30.8. The van der Waals surface area contributed by atoms with Crippen molar-refractivity contribution in [1.82, 2.24) is 19.5 Å². The first-order valence-electron chi connectivity index (χ1n) is 20.4. The topological polar surface area (TPSA) is 196 Å². The van der Waals surface area contributed by atoms with Gasteiger partial charge < -0.3 is 39.3 Å². The number of imide groups is 1. The Balaban J connectivity index is 1.06. The van der Waals surface area contributed by atoms with Crippen LogP contribution in [-0.2, 0) is 19.8 Å². The van der Waals surface area contributed by atoms with Crippen LogP contribution in [0, 0.1) is 5.21 Å². The van der Waals surface area contributed by atoms with Crippen LogP contribution in [0.3, 0.4) is 0 Å². The highest BCUT2D eigenvalue weighted by Gasteiger charge is 2.51. The summed E-state index contributed by atoms with van der Waals surface area (Å²) in [5.74, 6) is -0.803. The van der Waals surface area contributed by atoms with Crippen LogP contribution in [0.1, 0.15) is 54.0 Å². The summed E-state index contributed by atoms with van der Waals surface area (Å²) in [6.07, 6.45) is -2.20. The van der Waals surface area contributed by atoms with Crippen LogP contribution in [0.4, 0.5) is 5.82 Å². The first-order valence-corrected chi connectivity index (χ1v) is 20.4. The summed E-state index contributed by atoms with van der Waals surface area (Å²) in [6.45, 7) is -1.20. The van der Waals surface area contributed by atoms with Crippen molar-refractivity contribution in [2.24, 2.45) is 0 Å². The van der Waals surface area contributed by atoms with Gasteiger partial charge in [0.1, 0.15) is 48.3 Å². The number of anilines is 1. The van der Waals surface area contributed by atoms with Crippen molar-refractivity contribution < 1.29 is 47.8 Å². The zero-order valence-electron chi connectivity index (χ0n) is 34.6. The molecule has 3 amide bonds. The number of methoxy groups -OCH3 is 2. The van der Waals surface area contributed by atoms with E-state index in [9.17, 15) is 24.7 Å². The lowest BCUT2D eigenvalue weighted by Crippen LogP contribution is -2.50. The molecule has 0 aliphatic carbocycles. The Hall–Kier alpha value is -7.18. The molecule has 16 nitrogen and oxygen atoms in total. The van der Waals surface area contributed by atoms with Gasteiger partial charge in [-0.25, -0.2) is 29.2 Å². The summed E-state index contributed by atoms with van der Waals surface area (Å²) in [5.41, 5.74) is 1.92. The highest BCUT2D eigenvalue weighted by molar-refractivity contribution is 6.14. The number of imidazole rings is 1. The Morgan fingerprint density at radius 3 is 1.94 bits per heavy atom. The Kier molecular flexibility index (Phi) is 11.5. The first kappa shape index (κ1) is 42.1. The lowest BCUT2D eigenvalue weighted by molar-refractivity contribution is -0.709. The first-order chi connectivity index (χ1) is 31.2. The van der Waals surface area contributed by atoms with Gasteiger partial charge in [0.25, 0.3) is 5.91 Å². The Morgan fingerprint density at radius 2 is 1.34 bits per heavy atom. The van der Waals surface area contributed by atoms with E-state index in [4.69, 9.17) is 23.7 Å². The molecule has 0 spiro atoms. The fraction of sp³-hybridized carbons (Fsp3) is 0.208. The predicted molar refractivity (Wildman–Crippen MR) is 231 cm³/mol. The fourth-order valence-corrected chi connectivity index (χ4v) is 8.30. The third-order valence-electron chi connectivity index (χ3n) is 11.6. The number of ether oxygens (including phenoxy) is 5. The van der Waals surface area contributed by atoms with Crippen LogP contribution in [0.25, 0.3) is 11.2 Å². The van der Waals surface area contributed by atoms with Crippen molar-refractivity contribution in [1.29, 1.82) is 0 Å². The van der Waals surface area contributed by atoms with E-state index in [-0.39, 0.29) is 34.7 Å². The second-order valence-corrected chi connectivity index (χ2v) is 15.2. The highest BCUT2D eigenvalue weighted by atomic mass is 16.6. The van der Waals surface area contributed by atoms with E-state index < -0.39 is 65.7 Å². The number of rotatable bonds is 15. The summed E-state index contributed by atoms with van der Waals surface area (Å²) >= 11 is 0. The third-order valence-corrected chi connectivity index (χ3v) is 11.6. The van der Waals surface area contributed by atoms with Crippen LogP contribution < -0.4 is 14.8 Å². The normalized spacial score (nSPS) is 19.1. The van der Waals surface area contributed by atoms with Gasteiger partial charge in [-0.3, -0.25) is 9.36 Å². The molecule has 64 heavy (non-hydrogen) atoms. The largest absolute Gasteiger partial charge is 0.617 e. The number of nitrogens with one attached hydrogen (secondary N) is 1. The van der Waals surface area contributed by atoms with E-state index in [0.717, 1.165) is 16.7 Å². The number of carbonyl (C=O) groups is 3. The zero-order chi connectivity index (χ0) is 44.4. The van der Waals surface area contributed by atoms with Crippen molar-refractivity contribution in [3.63, 3.8) is 0 Å². The highest BCUT2D eigenvalue weighted by Crippen LogP contribution is 2.43. The maximum absolute atomic E-state index is 13.9. The van der Waals surface area contributed by atoms with Crippen LogP contribution in [0.15, 0.2) is 146 Å². The number of amides is 3. The number of nitrogens with zero attached hydrogens (tertiary/aromatic N) is 5. The monoisotopic (exact) mass is 862 g/mol. The molecule has 0 bridgehead atoms. The van der Waals surface area contributed by atoms with E-state index in [2.05, 4.69) is 20.3 Å². The minimum atomic E-state index is -1.78. The molecule has 2 aliphatic heterocycles. The molecule has 1 saturated heterocycles. The van der Waals surface area contributed by atoms with Gasteiger partial charge in [-0.1, -0.05) is 84.9 Å². The maximum atomic E-state index is 13.9. The number of fused-ring (bicyclic) bond motifs is 2. The van der Waals surface area contributed by atoms with Gasteiger partial charge in [-0.2, -0.15) is 0 Å². The lowest BCUT2D eigenvalue weighted by atomic mass is 9.80. The molecule has 0 saturated carbocycles. The summed E-state index contributed by atoms with van der Waals surface area (Å²) in [5, 5.41) is 28.9. The molecule has 2 aliphatic rings. The van der Waals surface area contributed by atoms with E-state index in [1.165, 1.54) is 29.4 Å². The lowest BCUT2D eigenvalue weighted by Gasteiger charge is -2.37. The van der Waals surface area contributed by atoms with Crippen LogP contribution >= 0.6 is 0 Å². The van der Waals surface area contributed by atoms with Crippen LogP contribution in [-0.4, -0.2) is 99.3 Å². The minimum Gasteiger partial charge on any atom is -0.617 e. The number of hydrogen-bond acceptors (Lipinski definition) is 13. The number of aliphatic hydroxyl groups is 1. The zero-order valence-corrected chi connectivity index (χ0v) is 34.6. The smallest absolute Gasteiger partial charge is 0.354 e. The van der Waals surface area contributed by atoms with Gasteiger partial charge in [0.15, 0.2) is 23.2 Å². The van der Waals surface area contributed by atoms with Crippen LogP contribution in [0.2, 0.25) is 0 Å². The fourth-order valence-electron chi connectivity index (χ4n) is 8.30.